The van der Waals surface area contributed by atoms with Crippen LogP contribution in [0.4, 0.5) is 0 Å². The first kappa shape index (κ1) is 21.6. The van der Waals surface area contributed by atoms with Crippen molar-refractivity contribution in [3.63, 3.8) is 0 Å². The Hall–Kier alpha value is -3.13. The van der Waals surface area contributed by atoms with E-state index in [4.69, 9.17) is 14.2 Å². The topological polar surface area (TPSA) is 79.1 Å². The smallest absolute Gasteiger partial charge is 0.325 e. The molecule has 0 spiro atoms. The van der Waals surface area contributed by atoms with E-state index in [0.29, 0.717) is 17.2 Å². The first-order valence-corrected chi connectivity index (χ1v) is 10.3. The number of nitrogens with zero attached hydrogens (tertiary/aromatic N) is 2. The van der Waals surface area contributed by atoms with Gasteiger partial charge < -0.3 is 18.8 Å². The van der Waals surface area contributed by atoms with Gasteiger partial charge in [0.15, 0.2) is 11.4 Å². The second-order valence-electron chi connectivity index (χ2n) is 6.68. The quantitative estimate of drug-likeness (QED) is 0.539. The van der Waals surface area contributed by atoms with Gasteiger partial charge in [0.1, 0.15) is 18.0 Å². The minimum atomic E-state index is -0.441. The standard InChI is InChI=1S/C22H24N2O5S/c1-5-28-16-6-8-17(9-7-16)29-13-19(25)23-22-24(12-20(26)27-4)18-11-14(2)10-15(3)21(18)30-22/h6-11H,5,12-13H2,1-4H3. The summed E-state index contributed by atoms with van der Waals surface area (Å²) in [5.41, 5.74) is 2.98. The molecule has 0 N–H and O–H groups in total. The third-order valence-corrected chi connectivity index (χ3v) is 5.58. The van der Waals surface area contributed by atoms with Crippen LogP contribution >= 0.6 is 11.3 Å². The lowest BCUT2D eigenvalue weighted by atomic mass is 10.1. The first-order valence-electron chi connectivity index (χ1n) is 9.52. The van der Waals surface area contributed by atoms with Crippen molar-refractivity contribution in [2.75, 3.05) is 20.3 Å². The molecule has 1 heterocycles. The van der Waals surface area contributed by atoms with Crippen molar-refractivity contribution in [1.29, 1.82) is 0 Å². The summed E-state index contributed by atoms with van der Waals surface area (Å²) in [5, 5.41) is 0. The normalized spacial score (nSPS) is 11.5. The molecule has 0 radical (unpaired) electrons. The van der Waals surface area contributed by atoms with Crippen LogP contribution in [0.25, 0.3) is 10.2 Å². The molecular weight excluding hydrogens is 404 g/mol. The van der Waals surface area contributed by atoms with Crippen LogP contribution in [0.3, 0.4) is 0 Å². The first-order chi connectivity index (χ1) is 14.4. The molecule has 7 nitrogen and oxygen atoms in total. The number of aromatic nitrogens is 1. The summed E-state index contributed by atoms with van der Waals surface area (Å²) in [7, 11) is 1.33. The molecular formula is C22H24N2O5S. The van der Waals surface area contributed by atoms with E-state index in [1.807, 2.05) is 26.8 Å². The number of benzene rings is 2. The third-order valence-electron chi connectivity index (χ3n) is 4.35. The van der Waals surface area contributed by atoms with E-state index in [2.05, 4.69) is 11.1 Å². The number of fused-ring (bicyclic) bond motifs is 1. The lowest BCUT2D eigenvalue weighted by Crippen LogP contribution is -2.23. The molecule has 0 aliphatic carbocycles. The predicted octanol–water partition coefficient (Wildman–Crippen LogP) is 3.40. The van der Waals surface area contributed by atoms with Gasteiger partial charge in [-0.3, -0.25) is 9.59 Å². The zero-order valence-corrected chi connectivity index (χ0v) is 18.2. The molecule has 3 aromatic rings. The Bertz CT molecular complexity index is 1130. The highest BCUT2D eigenvalue weighted by molar-refractivity contribution is 7.16. The number of carbonyl (C=O) groups excluding carboxylic acids is 2. The van der Waals surface area contributed by atoms with E-state index in [1.165, 1.54) is 18.4 Å². The van der Waals surface area contributed by atoms with E-state index in [1.54, 1.807) is 28.8 Å². The van der Waals surface area contributed by atoms with Gasteiger partial charge in [0, 0.05) is 0 Å². The highest BCUT2D eigenvalue weighted by Crippen LogP contribution is 2.23. The number of thiazole rings is 1. The van der Waals surface area contributed by atoms with Crippen molar-refractivity contribution in [3.8, 4) is 11.5 Å². The summed E-state index contributed by atoms with van der Waals surface area (Å²) < 4.78 is 18.4. The Kier molecular flexibility index (Phi) is 6.89. The molecule has 1 aromatic heterocycles. The minimum absolute atomic E-state index is 0.0226. The van der Waals surface area contributed by atoms with E-state index >= 15 is 0 Å². The van der Waals surface area contributed by atoms with E-state index < -0.39 is 11.9 Å². The molecule has 3 rings (SSSR count). The monoisotopic (exact) mass is 428 g/mol. The van der Waals surface area contributed by atoms with Crippen LogP contribution in [0.5, 0.6) is 11.5 Å². The second kappa shape index (κ2) is 9.58. The van der Waals surface area contributed by atoms with Gasteiger partial charge in [-0.05, 0) is 62.2 Å². The van der Waals surface area contributed by atoms with Crippen molar-refractivity contribution >= 4 is 33.4 Å². The van der Waals surface area contributed by atoms with E-state index in [-0.39, 0.29) is 13.2 Å². The maximum absolute atomic E-state index is 12.5. The van der Waals surface area contributed by atoms with Gasteiger partial charge >= 0.3 is 5.97 Å². The van der Waals surface area contributed by atoms with Crippen LogP contribution in [0, 0.1) is 13.8 Å². The number of rotatable bonds is 7. The average molecular weight is 429 g/mol. The molecule has 158 valence electrons. The highest BCUT2D eigenvalue weighted by atomic mass is 32.1. The van der Waals surface area contributed by atoms with Crippen molar-refractivity contribution in [1.82, 2.24) is 4.57 Å². The lowest BCUT2D eigenvalue weighted by Gasteiger charge is -2.06. The Morgan fingerprint density at radius 2 is 1.73 bits per heavy atom. The van der Waals surface area contributed by atoms with Crippen LogP contribution in [0.15, 0.2) is 41.4 Å². The summed E-state index contributed by atoms with van der Waals surface area (Å²) in [5.74, 6) is 0.435. The van der Waals surface area contributed by atoms with Gasteiger partial charge in [-0.1, -0.05) is 17.4 Å². The lowest BCUT2D eigenvalue weighted by molar-refractivity contribution is -0.141. The van der Waals surface area contributed by atoms with Crippen LogP contribution in [-0.4, -0.2) is 36.8 Å². The van der Waals surface area contributed by atoms with Gasteiger partial charge in [-0.2, -0.15) is 4.99 Å². The zero-order valence-electron chi connectivity index (χ0n) is 17.4. The molecule has 0 unspecified atom stereocenters. The molecule has 8 heteroatoms. The molecule has 2 aromatic carbocycles. The van der Waals surface area contributed by atoms with E-state index in [9.17, 15) is 9.59 Å². The Morgan fingerprint density at radius 3 is 2.37 bits per heavy atom. The zero-order chi connectivity index (χ0) is 21.7. The fourth-order valence-corrected chi connectivity index (χ4v) is 4.12. The van der Waals surface area contributed by atoms with Crippen LogP contribution in [0.1, 0.15) is 18.1 Å². The maximum atomic E-state index is 12.5. The Balaban J connectivity index is 1.86. The summed E-state index contributed by atoms with van der Waals surface area (Å²) >= 11 is 1.36. The van der Waals surface area contributed by atoms with Gasteiger partial charge in [-0.15, -0.1) is 0 Å². The highest BCUT2D eigenvalue weighted by Gasteiger charge is 2.14. The Morgan fingerprint density at radius 1 is 1.07 bits per heavy atom. The fraction of sp³-hybridized carbons (Fsp3) is 0.318. The van der Waals surface area contributed by atoms with Crippen LogP contribution in [-0.2, 0) is 20.9 Å². The van der Waals surface area contributed by atoms with Gasteiger partial charge in [0.05, 0.1) is 23.9 Å². The summed E-state index contributed by atoms with van der Waals surface area (Å²) in [6, 6.07) is 11.1. The third kappa shape index (κ3) is 5.07. The number of amides is 1. The second-order valence-corrected chi connectivity index (χ2v) is 7.65. The molecule has 0 aliphatic rings. The Labute approximate surface area is 178 Å². The minimum Gasteiger partial charge on any atom is -0.494 e. The van der Waals surface area contributed by atoms with Crippen molar-refractivity contribution in [2.45, 2.75) is 27.3 Å². The van der Waals surface area contributed by atoms with Gasteiger partial charge in [0.2, 0.25) is 0 Å². The summed E-state index contributed by atoms with van der Waals surface area (Å²) in [6.07, 6.45) is 0. The van der Waals surface area contributed by atoms with Crippen molar-refractivity contribution < 1.29 is 23.8 Å². The molecule has 0 aliphatic heterocycles. The summed E-state index contributed by atoms with van der Waals surface area (Å²) in [4.78, 5) is 29.0. The number of esters is 1. The number of ether oxygens (including phenoxy) is 3. The molecule has 0 saturated carbocycles. The SMILES string of the molecule is CCOc1ccc(OCC(=O)N=c2sc3c(C)cc(C)cc3n2CC(=O)OC)cc1. The molecule has 0 saturated heterocycles. The fourth-order valence-electron chi connectivity index (χ4n) is 3.03. The number of hydrogen-bond acceptors (Lipinski definition) is 6. The average Bonchev–Trinajstić information content (AvgIpc) is 3.05. The predicted molar refractivity (Wildman–Crippen MR) is 115 cm³/mol. The van der Waals surface area contributed by atoms with E-state index in [0.717, 1.165) is 27.1 Å². The van der Waals surface area contributed by atoms with Crippen LogP contribution in [0.2, 0.25) is 0 Å². The largest absolute Gasteiger partial charge is 0.494 e. The van der Waals surface area contributed by atoms with Crippen molar-refractivity contribution in [3.05, 3.63) is 52.3 Å². The molecule has 0 fully saturated rings. The number of carbonyl (C=O) groups is 2. The number of hydrogen-bond donors (Lipinski definition) is 0. The summed E-state index contributed by atoms with van der Waals surface area (Å²) in [6.45, 7) is 6.24. The van der Waals surface area contributed by atoms with Crippen LogP contribution < -0.4 is 14.3 Å². The van der Waals surface area contributed by atoms with Gasteiger partial charge in [0.25, 0.3) is 5.91 Å². The molecule has 1 amide bonds. The molecule has 0 bridgehead atoms. The molecule has 0 atom stereocenters. The van der Waals surface area contributed by atoms with Gasteiger partial charge in [-0.25, -0.2) is 0 Å². The number of methoxy groups -OCH3 is 1. The van der Waals surface area contributed by atoms with Crippen molar-refractivity contribution in [2.24, 2.45) is 4.99 Å². The maximum Gasteiger partial charge on any atom is 0.325 e. The number of aryl methyl sites for hydroxylation is 2. The molecule has 30 heavy (non-hydrogen) atoms.